The summed E-state index contributed by atoms with van der Waals surface area (Å²) in [5, 5.41) is 21.5. The summed E-state index contributed by atoms with van der Waals surface area (Å²) in [4.78, 5) is 0. The minimum atomic E-state index is -1.41. The number of methoxy groups -OCH3 is 3. The normalized spacial score (nSPS) is 35.8. The zero-order chi connectivity index (χ0) is 37.4. The van der Waals surface area contributed by atoms with Gasteiger partial charge < -0.3 is 62.3 Å². The van der Waals surface area contributed by atoms with Crippen LogP contribution in [0, 0.1) is 0 Å². The molecular weight excluding hydrogens is 688 g/mol. The quantitative estimate of drug-likeness (QED) is 0.221. The number of aliphatic hydroxyl groups is 2. The van der Waals surface area contributed by atoms with Crippen molar-refractivity contribution in [3.8, 4) is 0 Å². The molecule has 0 spiro atoms. The lowest BCUT2D eigenvalue weighted by Crippen LogP contribution is -2.74. The Hall–Kier alpha value is -2.86. The van der Waals surface area contributed by atoms with Gasteiger partial charge >= 0.3 is 0 Å². The maximum absolute atomic E-state index is 10.8. The Labute approximate surface area is 310 Å². The molecule has 3 aliphatic rings. The largest absolute Gasteiger partial charge is 0.394 e. The van der Waals surface area contributed by atoms with E-state index in [9.17, 15) is 10.2 Å². The topological polar surface area (TPSA) is 142 Å². The van der Waals surface area contributed by atoms with Crippen LogP contribution in [-0.2, 0) is 71.9 Å². The van der Waals surface area contributed by atoms with Gasteiger partial charge in [0.05, 0.1) is 33.0 Å². The second kappa shape index (κ2) is 18.2. The standard InChI is InChI=1S/C40H52O13/c1-39(44-4)40(2,45-5)53-36-34(52-39)32(30(22-42)49-37(36)43-3)51-38-35(48-25-28-19-13-8-14-20-28)33(47-24-27-17-11-7-12-18-27)31(29(21-41)50-38)46-23-26-15-9-6-10-16-26/h6-20,29-38,41-42H,21-25H2,1-5H3/t29-,30-,31-,32+,33+,34+,35+,36-,37+,38?,39-,40-/m1/s1. The second-order valence-corrected chi connectivity index (χ2v) is 13.5. The molecule has 13 heteroatoms. The number of rotatable bonds is 16. The van der Waals surface area contributed by atoms with Gasteiger partial charge in [-0.25, -0.2) is 0 Å². The molecule has 3 aromatic rings. The van der Waals surface area contributed by atoms with Crippen molar-refractivity contribution in [1.29, 1.82) is 0 Å². The average Bonchev–Trinajstić information content (AvgIpc) is 3.20. The van der Waals surface area contributed by atoms with E-state index in [0.717, 1.165) is 16.7 Å². The number of ether oxygens (including phenoxy) is 11. The molecule has 53 heavy (non-hydrogen) atoms. The maximum Gasteiger partial charge on any atom is 0.220 e. The number of aliphatic hydroxyl groups excluding tert-OH is 2. The first-order valence-corrected chi connectivity index (χ1v) is 17.9. The molecule has 3 aliphatic heterocycles. The van der Waals surface area contributed by atoms with Gasteiger partial charge in [0.1, 0.15) is 48.8 Å². The first-order chi connectivity index (χ1) is 25.8. The van der Waals surface area contributed by atoms with E-state index in [4.69, 9.17) is 52.1 Å². The molecular formula is C40H52O13. The molecule has 3 aromatic carbocycles. The molecule has 1 unspecified atom stereocenters. The van der Waals surface area contributed by atoms with E-state index in [1.54, 1.807) is 13.8 Å². The third-order valence-corrected chi connectivity index (χ3v) is 10.2. The lowest BCUT2D eigenvalue weighted by atomic mass is 9.93. The molecule has 0 amide bonds. The van der Waals surface area contributed by atoms with Gasteiger partial charge in [-0.1, -0.05) is 91.0 Å². The summed E-state index contributed by atoms with van der Waals surface area (Å²) >= 11 is 0. The summed E-state index contributed by atoms with van der Waals surface area (Å²) in [5.41, 5.74) is 2.78. The fraction of sp³-hybridized carbons (Fsp3) is 0.550. The van der Waals surface area contributed by atoms with Gasteiger partial charge in [-0.3, -0.25) is 0 Å². The highest BCUT2D eigenvalue weighted by Crippen LogP contribution is 2.45. The maximum atomic E-state index is 10.8. The van der Waals surface area contributed by atoms with Crippen LogP contribution in [0.15, 0.2) is 91.0 Å². The van der Waals surface area contributed by atoms with Crippen LogP contribution in [0.4, 0.5) is 0 Å². The third kappa shape index (κ3) is 8.84. The first kappa shape index (κ1) is 39.8. The fourth-order valence-corrected chi connectivity index (χ4v) is 7.00. The van der Waals surface area contributed by atoms with Gasteiger partial charge in [0.15, 0.2) is 12.6 Å². The smallest absolute Gasteiger partial charge is 0.220 e. The van der Waals surface area contributed by atoms with E-state index < -0.39 is 86.2 Å². The van der Waals surface area contributed by atoms with Crippen LogP contribution in [-0.4, -0.2) is 118 Å². The van der Waals surface area contributed by atoms with E-state index in [-0.39, 0.29) is 19.8 Å². The van der Waals surface area contributed by atoms with Gasteiger partial charge in [0.25, 0.3) is 0 Å². The zero-order valence-electron chi connectivity index (χ0n) is 30.9. The minimum Gasteiger partial charge on any atom is -0.394 e. The molecule has 12 atom stereocenters. The number of benzene rings is 3. The van der Waals surface area contributed by atoms with Crippen molar-refractivity contribution in [2.45, 2.75) is 107 Å². The Morgan fingerprint density at radius 1 is 0.528 bits per heavy atom. The highest BCUT2D eigenvalue weighted by molar-refractivity contribution is 5.16. The van der Waals surface area contributed by atoms with E-state index in [1.807, 2.05) is 91.0 Å². The van der Waals surface area contributed by atoms with Crippen LogP contribution in [0.3, 0.4) is 0 Å². The Bertz CT molecular complexity index is 1520. The van der Waals surface area contributed by atoms with E-state index in [1.165, 1.54) is 21.3 Å². The van der Waals surface area contributed by atoms with Crippen LogP contribution in [0.1, 0.15) is 30.5 Å². The van der Waals surface area contributed by atoms with Gasteiger partial charge in [-0.15, -0.1) is 0 Å². The Morgan fingerprint density at radius 3 is 1.40 bits per heavy atom. The van der Waals surface area contributed by atoms with Crippen molar-refractivity contribution in [3.05, 3.63) is 108 Å². The van der Waals surface area contributed by atoms with Crippen LogP contribution in [0.25, 0.3) is 0 Å². The van der Waals surface area contributed by atoms with Gasteiger partial charge in [0, 0.05) is 21.3 Å². The molecule has 3 fully saturated rings. The summed E-state index contributed by atoms with van der Waals surface area (Å²) in [6, 6.07) is 29.2. The van der Waals surface area contributed by atoms with Crippen LogP contribution in [0.2, 0.25) is 0 Å². The number of hydrogen-bond acceptors (Lipinski definition) is 13. The summed E-state index contributed by atoms with van der Waals surface area (Å²) < 4.78 is 69.9. The van der Waals surface area contributed by atoms with Crippen molar-refractivity contribution >= 4 is 0 Å². The van der Waals surface area contributed by atoms with Gasteiger partial charge in [-0.2, -0.15) is 0 Å². The third-order valence-electron chi connectivity index (χ3n) is 10.2. The van der Waals surface area contributed by atoms with Crippen LogP contribution in [0.5, 0.6) is 0 Å². The predicted octanol–water partition coefficient (Wildman–Crippen LogP) is 3.72. The molecule has 0 saturated carbocycles. The summed E-state index contributed by atoms with van der Waals surface area (Å²) in [5.74, 6) is -2.79. The molecule has 290 valence electrons. The molecule has 13 nitrogen and oxygen atoms in total. The molecule has 2 N–H and O–H groups in total. The Balaban J connectivity index is 1.36. The first-order valence-electron chi connectivity index (χ1n) is 17.9. The molecule has 6 rings (SSSR count). The minimum absolute atomic E-state index is 0.186. The number of fused-ring (bicyclic) bond motifs is 1. The molecule has 0 aliphatic carbocycles. The van der Waals surface area contributed by atoms with Crippen LogP contribution >= 0.6 is 0 Å². The van der Waals surface area contributed by atoms with E-state index in [2.05, 4.69) is 0 Å². The lowest BCUT2D eigenvalue weighted by molar-refractivity contribution is -0.489. The summed E-state index contributed by atoms with van der Waals surface area (Å²) in [6.07, 6.45) is -9.29. The highest BCUT2D eigenvalue weighted by atomic mass is 16.8. The molecule has 0 radical (unpaired) electrons. The van der Waals surface area contributed by atoms with Crippen molar-refractivity contribution in [2.24, 2.45) is 0 Å². The molecule has 0 aromatic heterocycles. The van der Waals surface area contributed by atoms with E-state index in [0.29, 0.717) is 0 Å². The van der Waals surface area contributed by atoms with Crippen molar-refractivity contribution in [1.82, 2.24) is 0 Å². The van der Waals surface area contributed by atoms with Crippen molar-refractivity contribution in [2.75, 3.05) is 34.5 Å². The van der Waals surface area contributed by atoms with Gasteiger partial charge in [0.2, 0.25) is 11.6 Å². The SMILES string of the molecule is CO[C@H]1O[C@H](CO)[C@H](OC2O[C@H](CO)[C@@H](OCc3ccccc3)[C@H](OCc3ccccc3)[C@@H]2OCc2ccccc2)[C@@H]2O[C@@](C)(OC)[C@](C)(OC)O[C@@H]12. The zero-order valence-corrected chi connectivity index (χ0v) is 30.9. The predicted molar refractivity (Wildman–Crippen MR) is 189 cm³/mol. The van der Waals surface area contributed by atoms with Crippen LogP contribution < -0.4 is 0 Å². The molecule has 0 bridgehead atoms. The summed E-state index contributed by atoms with van der Waals surface area (Å²) in [6.45, 7) is 3.17. The fourth-order valence-electron chi connectivity index (χ4n) is 7.00. The monoisotopic (exact) mass is 740 g/mol. The Morgan fingerprint density at radius 2 is 0.943 bits per heavy atom. The van der Waals surface area contributed by atoms with E-state index >= 15 is 0 Å². The lowest BCUT2D eigenvalue weighted by Gasteiger charge is -2.57. The van der Waals surface area contributed by atoms with Crippen molar-refractivity contribution in [3.63, 3.8) is 0 Å². The van der Waals surface area contributed by atoms with Gasteiger partial charge in [-0.05, 0) is 30.5 Å². The molecule has 3 heterocycles. The Kier molecular flexibility index (Phi) is 13.7. The second-order valence-electron chi connectivity index (χ2n) is 13.5. The highest BCUT2D eigenvalue weighted by Gasteiger charge is 2.64. The average molecular weight is 741 g/mol. The molecule has 3 saturated heterocycles. The summed E-state index contributed by atoms with van der Waals surface area (Å²) in [7, 11) is 4.45. The number of hydrogen-bond donors (Lipinski definition) is 2. The van der Waals surface area contributed by atoms with Crippen molar-refractivity contribution < 1.29 is 62.3 Å².